The molecule has 4 rings (SSSR count). The van der Waals surface area contributed by atoms with E-state index in [-0.39, 0.29) is 23.8 Å². The van der Waals surface area contributed by atoms with Crippen LogP contribution in [0.1, 0.15) is 28.8 Å². The predicted octanol–water partition coefficient (Wildman–Crippen LogP) is 2.99. The molecule has 0 saturated heterocycles. The van der Waals surface area contributed by atoms with Crippen molar-refractivity contribution in [1.82, 2.24) is 9.55 Å². The zero-order valence-electron chi connectivity index (χ0n) is 14.4. The molecule has 0 bridgehead atoms. The third-order valence-corrected chi connectivity index (χ3v) is 5.88. The fraction of sp³-hybridized carbons (Fsp3) is 0.316. The van der Waals surface area contributed by atoms with Crippen molar-refractivity contribution in [3.63, 3.8) is 0 Å². The Morgan fingerprint density at radius 2 is 2.15 bits per heavy atom. The van der Waals surface area contributed by atoms with Gasteiger partial charge in [0.2, 0.25) is 5.91 Å². The summed E-state index contributed by atoms with van der Waals surface area (Å²) in [7, 11) is 0. The van der Waals surface area contributed by atoms with Crippen molar-refractivity contribution in [1.29, 1.82) is 0 Å². The van der Waals surface area contributed by atoms with Gasteiger partial charge in [-0.25, -0.2) is 4.98 Å². The van der Waals surface area contributed by atoms with Gasteiger partial charge in [-0.15, -0.1) is 11.3 Å². The molecule has 26 heavy (non-hydrogen) atoms. The second-order valence-electron chi connectivity index (χ2n) is 6.64. The molecule has 1 aromatic carbocycles. The average molecular weight is 369 g/mol. The smallest absolute Gasteiger partial charge is 0.262 e. The van der Waals surface area contributed by atoms with Gasteiger partial charge in [0.1, 0.15) is 17.1 Å². The van der Waals surface area contributed by atoms with Crippen LogP contribution >= 0.6 is 11.3 Å². The number of aryl methyl sites for hydroxylation is 3. The molecule has 134 valence electrons. The minimum Gasteiger partial charge on any atom is -0.506 e. The molecule has 0 fully saturated rings. The molecule has 1 amide bonds. The zero-order chi connectivity index (χ0) is 18.3. The van der Waals surface area contributed by atoms with Gasteiger partial charge >= 0.3 is 0 Å². The van der Waals surface area contributed by atoms with Crippen LogP contribution in [0.4, 0.5) is 5.69 Å². The van der Waals surface area contributed by atoms with Crippen LogP contribution in [0.5, 0.6) is 5.75 Å². The van der Waals surface area contributed by atoms with Gasteiger partial charge in [0.05, 0.1) is 17.4 Å². The van der Waals surface area contributed by atoms with Gasteiger partial charge < -0.3 is 10.4 Å². The van der Waals surface area contributed by atoms with E-state index in [1.54, 1.807) is 23.5 Å². The number of amides is 1. The molecule has 0 spiro atoms. The van der Waals surface area contributed by atoms with Crippen LogP contribution in [0.25, 0.3) is 10.2 Å². The number of hydrogen-bond donors (Lipinski definition) is 2. The number of hydrogen-bond acceptors (Lipinski definition) is 5. The summed E-state index contributed by atoms with van der Waals surface area (Å²) in [6.45, 7) is 1.73. The Hall–Kier alpha value is -2.67. The standard InChI is InChI=1S/C19H19N3O3S/c1-11-6-7-14(23)13(8-11)21-16(24)9-22-10-20-18-17(19(22)25)12-4-2-3-5-15(12)26-18/h6-8,10,23H,2-5,9H2,1H3,(H,21,24). The molecule has 0 atom stereocenters. The summed E-state index contributed by atoms with van der Waals surface area (Å²) in [5, 5.41) is 13.2. The van der Waals surface area contributed by atoms with Crippen molar-refractivity contribution < 1.29 is 9.90 Å². The Labute approximate surface area is 154 Å². The van der Waals surface area contributed by atoms with Crippen molar-refractivity contribution in [2.75, 3.05) is 5.32 Å². The molecule has 0 saturated carbocycles. The van der Waals surface area contributed by atoms with Crippen molar-refractivity contribution >= 4 is 33.1 Å². The Kier molecular flexibility index (Phi) is 4.24. The van der Waals surface area contributed by atoms with Crippen molar-refractivity contribution in [3.8, 4) is 5.75 Å². The molecule has 2 N–H and O–H groups in total. The maximum Gasteiger partial charge on any atom is 0.262 e. The number of aromatic hydroxyl groups is 1. The molecule has 0 aliphatic heterocycles. The normalized spacial score (nSPS) is 13.6. The quantitative estimate of drug-likeness (QED) is 0.695. The van der Waals surface area contributed by atoms with Crippen LogP contribution in [-0.2, 0) is 24.2 Å². The highest BCUT2D eigenvalue weighted by Gasteiger charge is 2.20. The van der Waals surface area contributed by atoms with E-state index in [1.807, 2.05) is 6.92 Å². The van der Waals surface area contributed by atoms with Gasteiger partial charge in [0, 0.05) is 4.88 Å². The number of anilines is 1. The van der Waals surface area contributed by atoms with E-state index in [4.69, 9.17) is 0 Å². The molecule has 3 aromatic rings. The minimum absolute atomic E-state index is 0.00298. The fourth-order valence-corrected chi connectivity index (χ4v) is 4.61. The number of fused-ring (bicyclic) bond motifs is 3. The van der Waals surface area contributed by atoms with Gasteiger partial charge in [0.25, 0.3) is 5.56 Å². The van der Waals surface area contributed by atoms with Gasteiger partial charge in [-0.1, -0.05) is 6.07 Å². The van der Waals surface area contributed by atoms with Gasteiger partial charge in [-0.3, -0.25) is 14.2 Å². The molecule has 1 aliphatic rings. The Balaban J connectivity index is 1.63. The molecule has 2 heterocycles. The number of nitrogens with one attached hydrogen (secondary N) is 1. The lowest BCUT2D eigenvalue weighted by molar-refractivity contribution is -0.116. The number of carbonyl (C=O) groups excluding carboxylic acids is 1. The number of aromatic nitrogens is 2. The molecule has 0 radical (unpaired) electrons. The lowest BCUT2D eigenvalue weighted by atomic mass is 9.97. The molecule has 2 aromatic heterocycles. The van der Waals surface area contributed by atoms with Crippen molar-refractivity contribution in [2.45, 2.75) is 39.2 Å². The highest BCUT2D eigenvalue weighted by molar-refractivity contribution is 7.18. The first-order valence-electron chi connectivity index (χ1n) is 8.62. The second-order valence-corrected chi connectivity index (χ2v) is 7.72. The largest absolute Gasteiger partial charge is 0.506 e. The topological polar surface area (TPSA) is 84.2 Å². The number of nitrogens with zero attached hydrogens (tertiary/aromatic N) is 2. The zero-order valence-corrected chi connectivity index (χ0v) is 15.2. The number of phenols is 1. The first-order valence-corrected chi connectivity index (χ1v) is 9.44. The van der Waals surface area contributed by atoms with Crippen molar-refractivity contribution in [2.24, 2.45) is 0 Å². The number of benzene rings is 1. The molecule has 7 heteroatoms. The number of rotatable bonds is 3. The lowest BCUT2D eigenvalue weighted by Gasteiger charge is -2.11. The third-order valence-electron chi connectivity index (χ3n) is 4.68. The Morgan fingerprint density at radius 1 is 1.35 bits per heavy atom. The summed E-state index contributed by atoms with van der Waals surface area (Å²) in [5.41, 5.74) is 2.20. The van der Waals surface area contributed by atoms with Gasteiger partial charge in [-0.05, 0) is 55.9 Å². The van der Waals surface area contributed by atoms with Crippen LogP contribution in [0.3, 0.4) is 0 Å². The number of carbonyl (C=O) groups is 1. The van der Waals surface area contributed by atoms with E-state index in [1.165, 1.54) is 21.8 Å². The van der Waals surface area contributed by atoms with Gasteiger partial charge in [-0.2, -0.15) is 0 Å². The Morgan fingerprint density at radius 3 is 3.00 bits per heavy atom. The Bertz CT molecular complexity index is 1070. The lowest BCUT2D eigenvalue weighted by Crippen LogP contribution is -2.28. The van der Waals surface area contributed by atoms with Crippen LogP contribution in [0, 0.1) is 6.92 Å². The van der Waals surface area contributed by atoms with E-state index in [0.717, 1.165) is 41.6 Å². The van der Waals surface area contributed by atoms with E-state index in [0.29, 0.717) is 11.1 Å². The van der Waals surface area contributed by atoms with E-state index in [2.05, 4.69) is 10.3 Å². The monoisotopic (exact) mass is 369 g/mol. The van der Waals surface area contributed by atoms with Crippen LogP contribution in [0.15, 0.2) is 29.3 Å². The maximum atomic E-state index is 12.9. The summed E-state index contributed by atoms with van der Waals surface area (Å²) in [4.78, 5) is 31.6. The van der Waals surface area contributed by atoms with E-state index >= 15 is 0 Å². The van der Waals surface area contributed by atoms with Crippen LogP contribution < -0.4 is 10.9 Å². The third kappa shape index (κ3) is 2.99. The molecular weight excluding hydrogens is 350 g/mol. The van der Waals surface area contributed by atoms with Crippen LogP contribution in [-0.4, -0.2) is 20.6 Å². The summed E-state index contributed by atoms with van der Waals surface area (Å²) in [5.74, 6) is -0.380. The van der Waals surface area contributed by atoms with E-state index in [9.17, 15) is 14.7 Å². The summed E-state index contributed by atoms with van der Waals surface area (Å²) >= 11 is 1.59. The highest BCUT2D eigenvalue weighted by Crippen LogP contribution is 2.33. The SMILES string of the molecule is Cc1ccc(O)c(NC(=O)Cn2cnc3sc4c(c3c2=O)CCCC4)c1. The van der Waals surface area contributed by atoms with E-state index < -0.39 is 0 Å². The number of thiophene rings is 1. The molecule has 1 aliphatic carbocycles. The first-order chi connectivity index (χ1) is 12.5. The first kappa shape index (κ1) is 16.8. The van der Waals surface area contributed by atoms with Gasteiger partial charge in [0.15, 0.2) is 0 Å². The highest BCUT2D eigenvalue weighted by atomic mass is 32.1. The second kappa shape index (κ2) is 6.57. The van der Waals surface area contributed by atoms with Crippen molar-refractivity contribution in [3.05, 3.63) is 50.9 Å². The minimum atomic E-state index is -0.377. The average Bonchev–Trinajstić information content (AvgIpc) is 3.00. The molecule has 6 nitrogen and oxygen atoms in total. The fourth-order valence-electron chi connectivity index (χ4n) is 3.39. The number of phenolic OH excluding ortho intramolecular Hbond substituents is 1. The van der Waals surface area contributed by atoms with Crippen LogP contribution in [0.2, 0.25) is 0 Å². The predicted molar refractivity (Wildman–Crippen MR) is 102 cm³/mol. The molecule has 0 unspecified atom stereocenters. The summed E-state index contributed by atoms with van der Waals surface area (Å²) < 4.78 is 1.34. The summed E-state index contributed by atoms with van der Waals surface area (Å²) in [6, 6.07) is 4.97. The maximum absolute atomic E-state index is 12.9. The molecular formula is C19H19N3O3S. The summed E-state index contributed by atoms with van der Waals surface area (Å²) in [6.07, 6.45) is 5.57.